The van der Waals surface area contributed by atoms with E-state index in [1.807, 2.05) is 13.8 Å². The smallest absolute Gasteiger partial charge is 0.305 e. The van der Waals surface area contributed by atoms with Gasteiger partial charge in [-0.3, -0.25) is 9.59 Å². The number of amides is 1. The van der Waals surface area contributed by atoms with Crippen LogP contribution >= 0.6 is 0 Å². The fraction of sp³-hybridized carbons (Fsp3) is 0.800. The fourth-order valence-electron chi connectivity index (χ4n) is 1.26. The third kappa shape index (κ3) is 5.56. The molecule has 0 heterocycles. The lowest BCUT2D eigenvalue weighted by Gasteiger charge is -2.15. The highest BCUT2D eigenvalue weighted by atomic mass is 16.4. The molecule has 0 aromatic rings. The zero-order valence-corrected chi connectivity index (χ0v) is 9.04. The predicted molar refractivity (Wildman–Crippen MR) is 53.9 cm³/mol. The maximum atomic E-state index is 11.4. The number of hydrogen-bond donors (Lipinski definition) is 2. The molecule has 0 aliphatic carbocycles. The van der Waals surface area contributed by atoms with Crippen LogP contribution in [0.5, 0.6) is 0 Å². The van der Waals surface area contributed by atoms with E-state index in [4.69, 9.17) is 5.11 Å². The number of carbonyl (C=O) groups excluding carboxylic acids is 1. The van der Waals surface area contributed by atoms with E-state index >= 15 is 0 Å². The zero-order valence-electron chi connectivity index (χ0n) is 9.04. The van der Waals surface area contributed by atoms with Crippen molar-refractivity contribution in [1.29, 1.82) is 0 Å². The molecule has 4 nitrogen and oxygen atoms in total. The van der Waals surface area contributed by atoms with E-state index < -0.39 is 5.97 Å². The minimum absolute atomic E-state index is 0.0232. The molecule has 0 aliphatic heterocycles. The van der Waals surface area contributed by atoms with Crippen LogP contribution in [0.25, 0.3) is 0 Å². The Kier molecular flexibility index (Phi) is 5.92. The van der Waals surface area contributed by atoms with Crippen molar-refractivity contribution in [1.82, 2.24) is 5.32 Å². The van der Waals surface area contributed by atoms with Crippen LogP contribution in [0.15, 0.2) is 0 Å². The first-order chi connectivity index (χ1) is 6.47. The van der Waals surface area contributed by atoms with Gasteiger partial charge in [0.1, 0.15) is 0 Å². The van der Waals surface area contributed by atoms with Crippen molar-refractivity contribution in [2.75, 3.05) is 0 Å². The summed E-state index contributed by atoms with van der Waals surface area (Å²) in [6.07, 6.45) is 1.78. The Bertz CT molecular complexity index is 204. The van der Waals surface area contributed by atoms with Gasteiger partial charge in [0.2, 0.25) is 5.91 Å². The first-order valence-corrected chi connectivity index (χ1v) is 4.99. The summed E-state index contributed by atoms with van der Waals surface area (Å²) in [6.45, 7) is 5.57. The summed E-state index contributed by atoms with van der Waals surface area (Å²) in [7, 11) is 0. The summed E-state index contributed by atoms with van der Waals surface area (Å²) >= 11 is 0. The Labute approximate surface area is 84.7 Å². The second-order valence-electron chi connectivity index (χ2n) is 3.70. The van der Waals surface area contributed by atoms with Crippen LogP contribution < -0.4 is 5.32 Å². The molecule has 0 aromatic carbocycles. The van der Waals surface area contributed by atoms with Crippen molar-refractivity contribution >= 4 is 11.9 Å². The van der Waals surface area contributed by atoms with Crippen LogP contribution in [0.4, 0.5) is 0 Å². The number of aliphatic carboxylic acids is 1. The van der Waals surface area contributed by atoms with E-state index in [1.165, 1.54) is 0 Å². The van der Waals surface area contributed by atoms with Crippen LogP contribution in [0.1, 0.15) is 40.0 Å². The number of carboxylic acid groups (broad SMARTS) is 1. The molecule has 82 valence electrons. The Morgan fingerprint density at radius 2 is 1.93 bits per heavy atom. The average Bonchev–Trinajstić information content (AvgIpc) is 2.02. The summed E-state index contributed by atoms with van der Waals surface area (Å²) in [4.78, 5) is 21.8. The van der Waals surface area contributed by atoms with E-state index in [1.54, 1.807) is 6.92 Å². The third-order valence-electron chi connectivity index (χ3n) is 2.04. The molecule has 4 heteroatoms. The van der Waals surface area contributed by atoms with Crippen molar-refractivity contribution in [3.63, 3.8) is 0 Å². The van der Waals surface area contributed by atoms with E-state index in [0.717, 1.165) is 12.8 Å². The lowest BCUT2D eigenvalue weighted by atomic mass is 10.0. The Balaban J connectivity index is 3.86. The van der Waals surface area contributed by atoms with Gasteiger partial charge in [-0.25, -0.2) is 0 Å². The fourth-order valence-corrected chi connectivity index (χ4v) is 1.26. The molecule has 1 amide bonds. The van der Waals surface area contributed by atoms with Crippen molar-refractivity contribution < 1.29 is 14.7 Å². The molecule has 2 unspecified atom stereocenters. The molecule has 0 rings (SSSR count). The highest BCUT2D eigenvalue weighted by Gasteiger charge is 2.15. The maximum Gasteiger partial charge on any atom is 0.305 e. The molecule has 0 saturated heterocycles. The molecular weight excluding hydrogens is 182 g/mol. The number of rotatable bonds is 6. The van der Waals surface area contributed by atoms with Gasteiger partial charge >= 0.3 is 5.97 Å². The van der Waals surface area contributed by atoms with Gasteiger partial charge in [-0.2, -0.15) is 0 Å². The van der Waals surface area contributed by atoms with Crippen LogP contribution in [0.2, 0.25) is 0 Å². The predicted octanol–water partition coefficient (Wildman–Crippen LogP) is 1.40. The minimum Gasteiger partial charge on any atom is -0.481 e. The molecule has 0 fully saturated rings. The molecule has 0 aliphatic rings. The Hall–Kier alpha value is -1.06. The molecule has 14 heavy (non-hydrogen) atoms. The number of carbonyl (C=O) groups is 2. The summed E-state index contributed by atoms with van der Waals surface area (Å²) in [5.74, 6) is -0.974. The SMILES string of the molecule is CCCC(C)C(=O)NC(C)CC(=O)O. The normalized spacial score (nSPS) is 14.5. The van der Waals surface area contributed by atoms with Gasteiger partial charge in [0.05, 0.1) is 6.42 Å². The Morgan fingerprint density at radius 3 is 2.36 bits per heavy atom. The van der Waals surface area contributed by atoms with Crippen molar-refractivity contribution in [3.05, 3.63) is 0 Å². The quantitative estimate of drug-likeness (QED) is 0.682. The van der Waals surface area contributed by atoms with Crippen LogP contribution in [0.3, 0.4) is 0 Å². The molecule has 0 bridgehead atoms. The highest BCUT2D eigenvalue weighted by molar-refractivity contribution is 5.79. The van der Waals surface area contributed by atoms with Crippen molar-refractivity contribution in [3.8, 4) is 0 Å². The minimum atomic E-state index is -0.888. The molecule has 0 saturated carbocycles. The van der Waals surface area contributed by atoms with Gasteiger partial charge in [0, 0.05) is 12.0 Å². The second kappa shape index (κ2) is 6.40. The molecule has 2 atom stereocenters. The maximum absolute atomic E-state index is 11.4. The van der Waals surface area contributed by atoms with E-state index in [2.05, 4.69) is 5.32 Å². The van der Waals surface area contributed by atoms with Gasteiger partial charge in [-0.05, 0) is 13.3 Å². The monoisotopic (exact) mass is 201 g/mol. The molecule has 0 radical (unpaired) electrons. The third-order valence-corrected chi connectivity index (χ3v) is 2.04. The number of nitrogens with one attached hydrogen (secondary N) is 1. The highest BCUT2D eigenvalue weighted by Crippen LogP contribution is 2.05. The van der Waals surface area contributed by atoms with Crippen LogP contribution in [0, 0.1) is 5.92 Å². The second-order valence-corrected chi connectivity index (χ2v) is 3.70. The topological polar surface area (TPSA) is 66.4 Å². The van der Waals surface area contributed by atoms with E-state index in [-0.39, 0.29) is 24.3 Å². The summed E-state index contributed by atoms with van der Waals surface area (Å²) < 4.78 is 0. The largest absolute Gasteiger partial charge is 0.481 e. The average molecular weight is 201 g/mol. The summed E-state index contributed by atoms with van der Waals surface area (Å²) in [5.41, 5.74) is 0. The van der Waals surface area contributed by atoms with Gasteiger partial charge < -0.3 is 10.4 Å². The summed E-state index contributed by atoms with van der Waals surface area (Å²) in [6, 6.07) is -0.292. The van der Waals surface area contributed by atoms with E-state index in [9.17, 15) is 9.59 Å². The standard InChI is InChI=1S/C10H19NO3/c1-4-5-7(2)10(14)11-8(3)6-9(12)13/h7-8H,4-6H2,1-3H3,(H,11,14)(H,12,13). The number of carboxylic acids is 1. The van der Waals surface area contributed by atoms with Crippen LogP contribution in [-0.2, 0) is 9.59 Å². The van der Waals surface area contributed by atoms with Crippen molar-refractivity contribution in [2.24, 2.45) is 5.92 Å². The molecular formula is C10H19NO3. The van der Waals surface area contributed by atoms with Crippen LogP contribution in [-0.4, -0.2) is 23.0 Å². The van der Waals surface area contributed by atoms with Crippen molar-refractivity contribution in [2.45, 2.75) is 46.1 Å². The Morgan fingerprint density at radius 1 is 1.36 bits per heavy atom. The molecule has 2 N–H and O–H groups in total. The molecule has 0 spiro atoms. The van der Waals surface area contributed by atoms with Gasteiger partial charge in [0.15, 0.2) is 0 Å². The lowest BCUT2D eigenvalue weighted by molar-refractivity contribution is -0.137. The van der Waals surface area contributed by atoms with Gasteiger partial charge in [-0.15, -0.1) is 0 Å². The number of hydrogen-bond acceptors (Lipinski definition) is 2. The zero-order chi connectivity index (χ0) is 11.1. The first-order valence-electron chi connectivity index (χ1n) is 4.99. The first kappa shape index (κ1) is 12.9. The summed E-state index contributed by atoms with van der Waals surface area (Å²) in [5, 5.41) is 11.2. The molecule has 0 aromatic heterocycles. The lowest BCUT2D eigenvalue weighted by Crippen LogP contribution is -2.37. The van der Waals surface area contributed by atoms with Gasteiger partial charge in [-0.1, -0.05) is 20.3 Å². The van der Waals surface area contributed by atoms with Gasteiger partial charge in [0.25, 0.3) is 0 Å². The van der Waals surface area contributed by atoms with E-state index in [0.29, 0.717) is 0 Å².